The Morgan fingerprint density at radius 1 is 1.26 bits per heavy atom. The fourth-order valence-corrected chi connectivity index (χ4v) is 5.67. The summed E-state index contributed by atoms with van der Waals surface area (Å²) in [5.74, 6) is 8.74. The monoisotopic (exact) mass is 261 g/mol. The van der Waals surface area contributed by atoms with Gasteiger partial charge in [0.1, 0.15) is 0 Å². The van der Waals surface area contributed by atoms with Gasteiger partial charge in [0.25, 0.3) is 0 Å². The lowest BCUT2D eigenvalue weighted by Crippen LogP contribution is -2.53. The van der Waals surface area contributed by atoms with Crippen molar-refractivity contribution in [2.24, 2.45) is 36.1 Å². The van der Waals surface area contributed by atoms with Crippen molar-refractivity contribution in [2.45, 2.75) is 44.6 Å². The fourth-order valence-electron chi connectivity index (χ4n) is 5.67. The van der Waals surface area contributed by atoms with Gasteiger partial charge in [-0.05, 0) is 61.7 Å². The molecule has 4 fully saturated rings. The number of rotatable bonds is 3. The molecule has 4 aliphatic rings. The SMILES string of the molecule is Cn1nncc1C(NN)C12CC3CC(CC(C3)C1)C2. The lowest BCUT2D eigenvalue weighted by atomic mass is 9.47. The topological polar surface area (TPSA) is 68.8 Å². The molecule has 0 aromatic carbocycles. The van der Waals surface area contributed by atoms with E-state index >= 15 is 0 Å². The van der Waals surface area contributed by atoms with Gasteiger partial charge in [0, 0.05) is 7.05 Å². The Kier molecular flexibility index (Phi) is 2.51. The van der Waals surface area contributed by atoms with E-state index in [9.17, 15) is 0 Å². The Morgan fingerprint density at radius 3 is 2.26 bits per heavy atom. The van der Waals surface area contributed by atoms with Crippen LogP contribution in [-0.4, -0.2) is 15.0 Å². The zero-order valence-electron chi connectivity index (χ0n) is 11.5. The molecule has 104 valence electrons. The summed E-state index contributed by atoms with van der Waals surface area (Å²) in [6, 6.07) is 0.209. The molecule has 5 heteroatoms. The van der Waals surface area contributed by atoms with Crippen LogP contribution in [0.2, 0.25) is 0 Å². The molecule has 5 rings (SSSR count). The molecule has 1 aromatic rings. The number of nitrogens with zero attached hydrogens (tertiary/aromatic N) is 3. The van der Waals surface area contributed by atoms with Crippen molar-refractivity contribution in [1.82, 2.24) is 20.4 Å². The highest BCUT2D eigenvalue weighted by Gasteiger charge is 2.54. The van der Waals surface area contributed by atoms with Gasteiger partial charge in [-0.25, -0.2) is 0 Å². The van der Waals surface area contributed by atoms with E-state index in [4.69, 9.17) is 5.84 Å². The van der Waals surface area contributed by atoms with E-state index in [1.807, 2.05) is 17.9 Å². The first-order valence-corrected chi connectivity index (χ1v) is 7.51. The zero-order valence-corrected chi connectivity index (χ0v) is 11.5. The number of hydrogen-bond acceptors (Lipinski definition) is 4. The summed E-state index contributed by atoms with van der Waals surface area (Å²) in [7, 11) is 1.97. The Morgan fingerprint density at radius 2 is 1.84 bits per heavy atom. The molecule has 1 aromatic heterocycles. The lowest BCUT2D eigenvalue weighted by Gasteiger charge is -2.59. The molecular weight excluding hydrogens is 238 g/mol. The number of hydrazine groups is 1. The van der Waals surface area contributed by atoms with Gasteiger partial charge in [-0.15, -0.1) is 5.10 Å². The van der Waals surface area contributed by atoms with Crippen LogP contribution in [0.1, 0.15) is 50.3 Å². The second kappa shape index (κ2) is 4.03. The van der Waals surface area contributed by atoms with Crippen molar-refractivity contribution in [2.75, 3.05) is 0 Å². The minimum Gasteiger partial charge on any atom is -0.271 e. The summed E-state index contributed by atoms with van der Waals surface area (Å²) in [6.45, 7) is 0. The van der Waals surface area contributed by atoms with Gasteiger partial charge in [-0.2, -0.15) is 0 Å². The number of aromatic nitrogens is 3. The molecule has 4 bridgehead atoms. The molecule has 1 atom stereocenters. The third-order valence-electron chi connectivity index (χ3n) is 5.91. The van der Waals surface area contributed by atoms with Crippen molar-refractivity contribution in [3.63, 3.8) is 0 Å². The average molecular weight is 261 g/mol. The van der Waals surface area contributed by atoms with Crippen molar-refractivity contribution >= 4 is 0 Å². The number of aryl methyl sites for hydroxylation is 1. The highest BCUT2D eigenvalue weighted by molar-refractivity contribution is 5.14. The van der Waals surface area contributed by atoms with Gasteiger partial charge in [0.2, 0.25) is 0 Å². The van der Waals surface area contributed by atoms with E-state index in [2.05, 4.69) is 15.7 Å². The van der Waals surface area contributed by atoms with Crippen LogP contribution in [0.5, 0.6) is 0 Å². The van der Waals surface area contributed by atoms with E-state index in [0.717, 1.165) is 23.4 Å². The maximum atomic E-state index is 5.94. The van der Waals surface area contributed by atoms with E-state index in [1.165, 1.54) is 38.5 Å². The van der Waals surface area contributed by atoms with Crippen LogP contribution in [0, 0.1) is 23.2 Å². The maximum absolute atomic E-state index is 5.94. The smallest absolute Gasteiger partial charge is 0.0772 e. The predicted octanol–water partition coefficient (Wildman–Crippen LogP) is 1.54. The third-order valence-corrected chi connectivity index (χ3v) is 5.91. The first-order valence-electron chi connectivity index (χ1n) is 7.51. The van der Waals surface area contributed by atoms with Gasteiger partial charge in [0.15, 0.2) is 0 Å². The molecule has 0 saturated heterocycles. The maximum Gasteiger partial charge on any atom is 0.0772 e. The van der Waals surface area contributed by atoms with Crippen LogP contribution in [-0.2, 0) is 7.05 Å². The highest BCUT2D eigenvalue weighted by atomic mass is 15.4. The van der Waals surface area contributed by atoms with Crippen LogP contribution >= 0.6 is 0 Å². The van der Waals surface area contributed by atoms with E-state index in [-0.39, 0.29) is 6.04 Å². The van der Waals surface area contributed by atoms with Gasteiger partial charge >= 0.3 is 0 Å². The summed E-state index contributed by atoms with van der Waals surface area (Å²) in [5.41, 5.74) is 4.59. The summed E-state index contributed by atoms with van der Waals surface area (Å²) in [5, 5.41) is 8.12. The lowest BCUT2D eigenvalue weighted by molar-refractivity contribution is -0.0762. The molecule has 0 radical (unpaired) electrons. The molecule has 4 aliphatic carbocycles. The first-order chi connectivity index (χ1) is 9.20. The first kappa shape index (κ1) is 11.9. The van der Waals surface area contributed by atoms with Crippen LogP contribution in [0.3, 0.4) is 0 Å². The van der Waals surface area contributed by atoms with Crippen molar-refractivity contribution in [3.05, 3.63) is 11.9 Å². The van der Waals surface area contributed by atoms with Crippen molar-refractivity contribution < 1.29 is 0 Å². The second-order valence-electron chi connectivity index (χ2n) is 7.16. The number of nitrogens with one attached hydrogen (secondary N) is 1. The highest BCUT2D eigenvalue weighted by Crippen LogP contribution is 2.63. The molecule has 0 spiro atoms. The Balaban J connectivity index is 1.72. The van der Waals surface area contributed by atoms with Crippen LogP contribution in [0.25, 0.3) is 0 Å². The van der Waals surface area contributed by atoms with Crippen molar-refractivity contribution in [1.29, 1.82) is 0 Å². The minimum absolute atomic E-state index is 0.209. The van der Waals surface area contributed by atoms with Crippen LogP contribution in [0.4, 0.5) is 0 Å². The van der Waals surface area contributed by atoms with Gasteiger partial charge in [0.05, 0.1) is 17.9 Å². The number of hydrogen-bond donors (Lipinski definition) is 2. The zero-order chi connectivity index (χ0) is 13.0. The van der Waals surface area contributed by atoms with Crippen LogP contribution in [0.15, 0.2) is 6.20 Å². The molecule has 4 saturated carbocycles. The third kappa shape index (κ3) is 1.68. The molecule has 0 aliphatic heterocycles. The van der Waals surface area contributed by atoms with Crippen molar-refractivity contribution in [3.8, 4) is 0 Å². The molecular formula is C14H23N5. The quantitative estimate of drug-likeness (QED) is 0.639. The van der Waals surface area contributed by atoms with E-state index < -0.39 is 0 Å². The standard InChI is InChI=1S/C14H23N5/c1-19-12(8-16-18-19)13(17-15)14-5-9-2-10(6-14)4-11(3-9)7-14/h8-11,13,17H,2-7,15H2,1H3. The van der Waals surface area contributed by atoms with Gasteiger partial charge in [-0.1, -0.05) is 5.21 Å². The van der Waals surface area contributed by atoms with Crippen LogP contribution < -0.4 is 11.3 Å². The largest absolute Gasteiger partial charge is 0.271 e. The molecule has 19 heavy (non-hydrogen) atoms. The summed E-state index contributed by atoms with van der Waals surface area (Å²) >= 11 is 0. The summed E-state index contributed by atoms with van der Waals surface area (Å²) in [6.07, 6.45) is 10.3. The second-order valence-corrected chi connectivity index (χ2v) is 7.16. The molecule has 0 amide bonds. The Hall–Kier alpha value is -0.940. The summed E-state index contributed by atoms with van der Waals surface area (Å²) in [4.78, 5) is 0. The molecule has 1 heterocycles. The molecule has 1 unspecified atom stereocenters. The molecule has 3 N–H and O–H groups in total. The average Bonchev–Trinajstić information content (AvgIpc) is 2.74. The normalized spacial score (nSPS) is 41.7. The minimum atomic E-state index is 0.209. The molecule has 5 nitrogen and oxygen atoms in total. The summed E-state index contributed by atoms with van der Waals surface area (Å²) < 4.78 is 1.88. The Bertz CT molecular complexity index is 445. The Labute approximate surface area is 113 Å². The van der Waals surface area contributed by atoms with E-state index in [0.29, 0.717) is 5.41 Å². The van der Waals surface area contributed by atoms with Gasteiger partial charge in [-0.3, -0.25) is 16.0 Å². The predicted molar refractivity (Wildman–Crippen MR) is 71.7 cm³/mol. The number of nitrogens with two attached hydrogens (primary N) is 1. The fraction of sp³-hybridized carbons (Fsp3) is 0.857. The van der Waals surface area contributed by atoms with E-state index in [1.54, 1.807) is 0 Å². The van der Waals surface area contributed by atoms with Gasteiger partial charge < -0.3 is 0 Å².